The molecule has 1 heterocycles. The maximum Gasteiger partial charge on any atom is 0.363 e. The first-order valence-corrected chi connectivity index (χ1v) is 9.27. The highest BCUT2D eigenvalue weighted by molar-refractivity contribution is 6.13. The van der Waals surface area contributed by atoms with Crippen LogP contribution in [-0.2, 0) is 9.53 Å². The predicted octanol–water partition coefficient (Wildman–Crippen LogP) is 4.40. The number of hydrogen-bond donors (Lipinski definition) is 0. The first-order valence-electron chi connectivity index (χ1n) is 9.27. The van der Waals surface area contributed by atoms with Gasteiger partial charge in [0.05, 0.1) is 12.7 Å². The molecule has 6 nitrogen and oxygen atoms in total. The van der Waals surface area contributed by atoms with E-state index in [1.165, 1.54) is 30.3 Å². The maximum absolute atomic E-state index is 13.8. The number of carbonyl (C=O) groups excluding carboxylic acids is 2. The van der Waals surface area contributed by atoms with Crippen LogP contribution < -0.4 is 9.47 Å². The van der Waals surface area contributed by atoms with Gasteiger partial charge < -0.3 is 14.2 Å². The van der Waals surface area contributed by atoms with Crippen LogP contribution in [0.1, 0.15) is 21.5 Å². The molecule has 0 bridgehead atoms. The molecule has 0 spiro atoms. The van der Waals surface area contributed by atoms with Crippen molar-refractivity contribution in [1.29, 1.82) is 0 Å². The molecule has 1 aliphatic rings. The Balaban J connectivity index is 1.56. The molecule has 0 atom stereocenters. The predicted molar refractivity (Wildman–Crippen MR) is 111 cm³/mol. The Morgan fingerprint density at radius 1 is 1.00 bits per heavy atom. The second-order valence-electron chi connectivity index (χ2n) is 6.51. The van der Waals surface area contributed by atoms with Crippen molar-refractivity contribution in [3.05, 3.63) is 101 Å². The zero-order valence-corrected chi connectivity index (χ0v) is 16.4. The van der Waals surface area contributed by atoms with Gasteiger partial charge >= 0.3 is 11.9 Å². The molecule has 4 rings (SSSR count). The number of carbonyl (C=O) groups is 2. The molecule has 0 aromatic heterocycles. The standard InChI is InChI=1S/C24H16FNO5/c1-29-17-8-5-7-16(14-17)22-26-21(24(28)31-22)13-15-6-4-9-18(12-15)30-23(27)19-10-2-3-11-20(19)25/h2-14H,1H3. The van der Waals surface area contributed by atoms with Gasteiger partial charge in [0.25, 0.3) is 0 Å². The Bertz CT molecular complexity index is 1230. The van der Waals surface area contributed by atoms with Crippen LogP contribution in [0.5, 0.6) is 11.5 Å². The first-order chi connectivity index (χ1) is 15.0. The van der Waals surface area contributed by atoms with E-state index < -0.39 is 17.8 Å². The number of esters is 2. The maximum atomic E-state index is 13.8. The topological polar surface area (TPSA) is 74.2 Å². The van der Waals surface area contributed by atoms with Crippen LogP contribution in [0.3, 0.4) is 0 Å². The molecule has 3 aromatic carbocycles. The van der Waals surface area contributed by atoms with Crippen LogP contribution in [0.2, 0.25) is 0 Å². The number of nitrogens with zero attached hydrogens (tertiary/aromatic N) is 1. The second kappa shape index (κ2) is 8.62. The van der Waals surface area contributed by atoms with Gasteiger partial charge in [0, 0.05) is 5.56 Å². The minimum Gasteiger partial charge on any atom is -0.497 e. The van der Waals surface area contributed by atoms with E-state index in [9.17, 15) is 14.0 Å². The second-order valence-corrected chi connectivity index (χ2v) is 6.51. The van der Waals surface area contributed by atoms with Gasteiger partial charge in [-0.05, 0) is 54.1 Å². The third kappa shape index (κ3) is 4.51. The summed E-state index contributed by atoms with van der Waals surface area (Å²) >= 11 is 0. The molecule has 7 heteroatoms. The average Bonchev–Trinajstić information content (AvgIpc) is 3.14. The smallest absolute Gasteiger partial charge is 0.363 e. The number of cyclic esters (lactones) is 1. The lowest BCUT2D eigenvalue weighted by molar-refractivity contribution is -0.129. The summed E-state index contributed by atoms with van der Waals surface area (Å²) in [6.07, 6.45) is 1.51. The summed E-state index contributed by atoms with van der Waals surface area (Å²) in [6, 6.07) is 19.0. The molecule has 0 saturated carbocycles. The molecule has 0 amide bonds. The molecule has 3 aromatic rings. The SMILES string of the molecule is COc1cccc(C2=NC(=Cc3cccc(OC(=O)c4ccccc4F)c3)C(=O)O2)c1. The summed E-state index contributed by atoms with van der Waals surface area (Å²) in [4.78, 5) is 28.7. The summed E-state index contributed by atoms with van der Waals surface area (Å²) in [6.45, 7) is 0. The van der Waals surface area contributed by atoms with E-state index in [4.69, 9.17) is 14.2 Å². The van der Waals surface area contributed by atoms with E-state index in [1.807, 2.05) is 0 Å². The van der Waals surface area contributed by atoms with Gasteiger partial charge in [-0.2, -0.15) is 0 Å². The van der Waals surface area contributed by atoms with Gasteiger partial charge in [0.1, 0.15) is 17.3 Å². The molecule has 31 heavy (non-hydrogen) atoms. The number of halogens is 1. The van der Waals surface area contributed by atoms with Crippen molar-refractivity contribution >= 4 is 23.9 Å². The Labute approximate surface area is 177 Å². The molecule has 0 radical (unpaired) electrons. The molecule has 0 fully saturated rings. The minimum absolute atomic E-state index is 0.0930. The van der Waals surface area contributed by atoms with Gasteiger partial charge in [-0.3, -0.25) is 0 Å². The largest absolute Gasteiger partial charge is 0.497 e. The summed E-state index contributed by atoms with van der Waals surface area (Å²) in [5, 5.41) is 0. The van der Waals surface area contributed by atoms with Crippen molar-refractivity contribution in [2.75, 3.05) is 7.11 Å². The minimum atomic E-state index is -0.818. The lowest BCUT2D eigenvalue weighted by atomic mass is 10.2. The molecular weight excluding hydrogens is 401 g/mol. The number of aliphatic imine (C=N–C) groups is 1. The molecule has 0 unspecified atom stereocenters. The summed E-state index contributed by atoms with van der Waals surface area (Å²) in [7, 11) is 1.54. The Morgan fingerprint density at radius 2 is 1.77 bits per heavy atom. The van der Waals surface area contributed by atoms with Gasteiger partial charge in [0.2, 0.25) is 5.90 Å². The average molecular weight is 417 g/mol. The summed E-state index contributed by atoms with van der Waals surface area (Å²) in [5.74, 6) is -1.12. The number of ether oxygens (including phenoxy) is 3. The van der Waals surface area contributed by atoms with Crippen molar-refractivity contribution < 1.29 is 28.2 Å². The molecule has 154 valence electrons. The van der Waals surface area contributed by atoms with Crippen LogP contribution >= 0.6 is 0 Å². The highest BCUT2D eigenvalue weighted by Crippen LogP contribution is 2.23. The van der Waals surface area contributed by atoms with Crippen LogP contribution in [0.4, 0.5) is 4.39 Å². The fourth-order valence-electron chi connectivity index (χ4n) is 2.90. The van der Waals surface area contributed by atoms with E-state index in [2.05, 4.69) is 4.99 Å². The highest BCUT2D eigenvalue weighted by Gasteiger charge is 2.24. The van der Waals surface area contributed by atoms with E-state index >= 15 is 0 Å². The van der Waals surface area contributed by atoms with Crippen molar-refractivity contribution in [1.82, 2.24) is 0 Å². The van der Waals surface area contributed by atoms with Crippen LogP contribution in [-0.4, -0.2) is 24.9 Å². The number of benzene rings is 3. The fraction of sp³-hybridized carbons (Fsp3) is 0.0417. The van der Waals surface area contributed by atoms with Gasteiger partial charge in [-0.15, -0.1) is 0 Å². The molecule has 1 aliphatic heterocycles. The normalized spacial score (nSPS) is 14.2. The van der Waals surface area contributed by atoms with Crippen LogP contribution in [0, 0.1) is 5.82 Å². The highest BCUT2D eigenvalue weighted by atomic mass is 19.1. The first kappa shape index (κ1) is 20.0. The molecule has 0 N–H and O–H groups in total. The monoisotopic (exact) mass is 417 g/mol. The fourth-order valence-corrected chi connectivity index (χ4v) is 2.90. The third-order valence-electron chi connectivity index (χ3n) is 4.40. The van der Waals surface area contributed by atoms with Gasteiger partial charge in [-0.1, -0.05) is 30.3 Å². The van der Waals surface area contributed by atoms with Crippen molar-refractivity contribution in [3.8, 4) is 11.5 Å². The molecule has 0 saturated heterocycles. The van der Waals surface area contributed by atoms with Crippen molar-refractivity contribution in [2.24, 2.45) is 4.99 Å². The molecule has 0 aliphatic carbocycles. The van der Waals surface area contributed by atoms with Gasteiger partial charge in [0.15, 0.2) is 5.70 Å². The number of rotatable bonds is 5. The lowest BCUT2D eigenvalue weighted by Gasteiger charge is -2.06. The van der Waals surface area contributed by atoms with E-state index in [1.54, 1.807) is 55.6 Å². The quantitative estimate of drug-likeness (QED) is 0.350. The zero-order valence-electron chi connectivity index (χ0n) is 16.4. The molecular formula is C24H16FNO5. The number of hydrogen-bond acceptors (Lipinski definition) is 6. The lowest BCUT2D eigenvalue weighted by Crippen LogP contribution is -2.10. The van der Waals surface area contributed by atoms with Crippen LogP contribution in [0.25, 0.3) is 6.08 Å². The summed E-state index contributed by atoms with van der Waals surface area (Å²) in [5.41, 5.74) is 1.08. The Kier molecular flexibility index (Phi) is 5.57. The number of methoxy groups -OCH3 is 1. The zero-order chi connectivity index (χ0) is 21.8. The van der Waals surface area contributed by atoms with Crippen molar-refractivity contribution in [2.45, 2.75) is 0 Å². The van der Waals surface area contributed by atoms with E-state index in [0.717, 1.165) is 0 Å². The van der Waals surface area contributed by atoms with E-state index in [-0.39, 0.29) is 22.9 Å². The van der Waals surface area contributed by atoms with Crippen molar-refractivity contribution in [3.63, 3.8) is 0 Å². The Morgan fingerprint density at radius 3 is 2.58 bits per heavy atom. The Hall–Kier alpha value is -4.26. The van der Waals surface area contributed by atoms with E-state index in [0.29, 0.717) is 16.9 Å². The third-order valence-corrected chi connectivity index (χ3v) is 4.40. The van der Waals surface area contributed by atoms with Crippen LogP contribution in [0.15, 0.2) is 83.5 Å². The summed E-state index contributed by atoms with van der Waals surface area (Å²) < 4.78 is 29.5. The van der Waals surface area contributed by atoms with Gasteiger partial charge in [-0.25, -0.2) is 19.0 Å².